The van der Waals surface area contributed by atoms with Gasteiger partial charge >= 0.3 is 0 Å². The predicted octanol–water partition coefficient (Wildman–Crippen LogP) is 2.80. The van der Waals surface area contributed by atoms with E-state index in [1.165, 1.54) is 16.9 Å². The molecule has 0 bridgehead atoms. The molecule has 27 heavy (non-hydrogen) atoms. The fourth-order valence-corrected chi connectivity index (χ4v) is 6.22. The molecule has 0 radical (unpaired) electrons. The maximum absolute atomic E-state index is 9.97. The number of nitrogens with one attached hydrogen (secondary N) is 1. The molecule has 2 fully saturated rings. The maximum Gasteiger partial charge on any atom is 0.157 e. The Morgan fingerprint density at radius 1 is 1.15 bits per heavy atom. The zero-order valence-electron chi connectivity index (χ0n) is 15.1. The van der Waals surface area contributed by atoms with Crippen molar-refractivity contribution in [3.8, 4) is 6.07 Å². The second-order valence-electron chi connectivity index (χ2n) is 7.91. The Morgan fingerprint density at radius 2 is 1.96 bits per heavy atom. The topological polar surface area (TPSA) is 56.4 Å². The number of imidazole rings is 1. The third kappa shape index (κ3) is 2.19. The number of fused-ring (bicyclic) bond motifs is 5. The van der Waals surface area contributed by atoms with E-state index in [1.807, 2.05) is 17.8 Å². The molecule has 6 rings (SSSR count). The summed E-state index contributed by atoms with van der Waals surface area (Å²) < 4.78 is 2.28. The van der Waals surface area contributed by atoms with Crippen LogP contribution in [0.1, 0.15) is 16.7 Å². The summed E-state index contributed by atoms with van der Waals surface area (Å²) in [5.41, 5.74) is 6.33. The molecule has 5 heterocycles. The van der Waals surface area contributed by atoms with E-state index in [9.17, 15) is 5.26 Å². The van der Waals surface area contributed by atoms with Gasteiger partial charge in [0.25, 0.3) is 0 Å². The third-order valence-corrected chi connectivity index (χ3v) is 7.46. The molecule has 0 saturated carbocycles. The molecular formula is C21H21N5S. The van der Waals surface area contributed by atoms with Gasteiger partial charge in [0, 0.05) is 37.5 Å². The monoisotopic (exact) mass is 375 g/mol. The van der Waals surface area contributed by atoms with Gasteiger partial charge in [0.1, 0.15) is 11.9 Å². The largest absolute Gasteiger partial charge is 0.357 e. The van der Waals surface area contributed by atoms with E-state index in [-0.39, 0.29) is 0 Å². The van der Waals surface area contributed by atoms with Gasteiger partial charge < -0.3 is 10.2 Å². The number of anilines is 1. The molecule has 2 atom stereocenters. The van der Waals surface area contributed by atoms with Crippen molar-refractivity contribution in [2.24, 2.45) is 11.8 Å². The molecule has 0 spiro atoms. The van der Waals surface area contributed by atoms with Gasteiger partial charge in [-0.1, -0.05) is 12.1 Å². The van der Waals surface area contributed by atoms with Crippen LogP contribution in [-0.4, -0.2) is 41.3 Å². The lowest BCUT2D eigenvalue weighted by Gasteiger charge is -2.29. The normalized spacial score (nSPS) is 24.3. The molecule has 0 unspecified atom stereocenters. The van der Waals surface area contributed by atoms with Crippen LogP contribution in [0.3, 0.4) is 0 Å². The van der Waals surface area contributed by atoms with Gasteiger partial charge in [-0.15, -0.1) is 0 Å². The summed E-state index contributed by atoms with van der Waals surface area (Å²) in [5.74, 6) is 4.85. The molecule has 6 heteroatoms. The van der Waals surface area contributed by atoms with Crippen LogP contribution in [0.15, 0.2) is 24.3 Å². The Hall–Kier alpha value is -2.23. The number of rotatable bonds is 1. The number of benzene rings is 1. The summed E-state index contributed by atoms with van der Waals surface area (Å²) in [6.45, 7) is 4.45. The van der Waals surface area contributed by atoms with E-state index in [2.05, 4.69) is 38.9 Å². The van der Waals surface area contributed by atoms with Crippen LogP contribution < -0.4 is 10.2 Å². The van der Waals surface area contributed by atoms with Crippen molar-refractivity contribution in [3.05, 3.63) is 41.0 Å². The van der Waals surface area contributed by atoms with Crippen molar-refractivity contribution in [1.82, 2.24) is 14.7 Å². The van der Waals surface area contributed by atoms with Crippen molar-refractivity contribution in [1.29, 1.82) is 5.26 Å². The first-order valence-electron chi connectivity index (χ1n) is 9.73. The van der Waals surface area contributed by atoms with Crippen LogP contribution in [0.25, 0.3) is 16.7 Å². The third-order valence-electron chi connectivity index (χ3n) is 6.48. The number of aromatic nitrogens is 2. The van der Waals surface area contributed by atoms with E-state index in [0.717, 1.165) is 78.2 Å². The second-order valence-corrected chi connectivity index (χ2v) is 9.02. The van der Waals surface area contributed by atoms with Crippen LogP contribution in [-0.2, 0) is 12.2 Å². The molecule has 3 aliphatic rings. The van der Waals surface area contributed by atoms with E-state index in [4.69, 9.17) is 4.98 Å². The predicted molar refractivity (Wildman–Crippen MR) is 109 cm³/mol. The van der Waals surface area contributed by atoms with E-state index < -0.39 is 0 Å². The van der Waals surface area contributed by atoms with Crippen LogP contribution in [0.5, 0.6) is 0 Å². The van der Waals surface area contributed by atoms with Gasteiger partial charge in [0.2, 0.25) is 0 Å². The zero-order valence-corrected chi connectivity index (χ0v) is 15.9. The number of hydrogen-bond donors (Lipinski definition) is 1. The Bertz CT molecular complexity index is 1100. The number of nitrogens with zero attached hydrogens (tertiary/aromatic N) is 4. The lowest BCUT2D eigenvalue weighted by Crippen LogP contribution is -2.29. The van der Waals surface area contributed by atoms with Gasteiger partial charge in [-0.05, 0) is 41.7 Å². The lowest BCUT2D eigenvalue weighted by atomic mass is 10.0. The summed E-state index contributed by atoms with van der Waals surface area (Å²) in [6.07, 6.45) is 0.970. The van der Waals surface area contributed by atoms with E-state index >= 15 is 0 Å². The molecule has 1 aromatic carbocycles. The zero-order chi connectivity index (χ0) is 18.0. The Labute approximate surface area is 162 Å². The fraction of sp³-hybridized carbons (Fsp3) is 0.429. The minimum Gasteiger partial charge on any atom is -0.357 e. The van der Waals surface area contributed by atoms with Gasteiger partial charge in [0.05, 0.1) is 16.6 Å². The highest BCUT2D eigenvalue weighted by molar-refractivity contribution is 7.98. The smallest absolute Gasteiger partial charge is 0.157 e. The number of nitriles is 1. The second kappa shape index (κ2) is 5.88. The number of pyridine rings is 1. The molecule has 3 aromatic rings. The summed E-state index contributed by atoms with van der Waals surface area (Å²) in [4.78, 5) is 7.48. The molecule has 0 aliphatic carbocycles. The van der Waals surface area contributed by atoms with Crippen molar-refractivity contribution in [2.75, 3.05) is 36.8 Å². The highest BCUT2D eigenvalue weighted by Gasteiger charge is 2.39. The molecule has 2 aromatic heterocycles. The number of thioether (sulfide) groups is 1. The van der Waals surface area contributed by atoms with Crippen LogP contribution in [0.2, 0.25) is 0 Å². The Morgan fingerprint density at radius 3 is 2.78 bits per heavy atom. The molecule has 5 nitrogen and oxygen atoms in total. The van der Waals surface area contributed by atoms with Crippen LogP contribution in [0.4, 0.5) is 5.82 Å². The SMILES string of the molecule is N#Cc1c2c(c(N3C[C@H]4CNC[C@H]4C3)n3c1nc1ccccc13)CSCC2. The summed E-state index contributed by atoms with van der Waals surface area (Å²) in [7, 11) is 0. The van der Waals surface area contributed by atoms with Crippen LogP contribution in [0, 0.1) is 23.2 Å². The molecule has 1 N–H and O–H groups in total. The first kappa shape index (κ1) is 15.8. The van der Waals surface area contributed by atoms with Crippen molar-refractivity contribution in [2.45, 2.75) is 12.2 Å². The van der Waals surface area contributed by atoms with E-state index in [1.54, 1.807) is 0 Å². The first-order chi connectivity index (χ1) is 13.3. The maximum atomic E-state index is 9.97. The Kier molecular flexibility index (Phi) is 3.44. The van der Waals surface area contributed by atoms with Crippen LogP contribution >= 0.6 is 11.8 Å². The molecule has 0 amide bonds. The molecule has 2 saturated heterocycles. The Balaban J connectivity index is 1.69. The first-order valence-corrected chi connectivity index (χ1v) is 10.9. The highest BCUT2D eigenvalue weighted by atomic mass is 32.2. The van der Waals surface area contributed by atoms with Gasteiger partial charge in [-0.25, -0.2) is 4.98 Å². The van der Waals surface area contributed by atoms with Crippen molar-refractivity contribution >= 4 is 34.3 Å². The van der Waals surface area contributed by atoms with E-state index in [0.29, 0.717) is 0 Å². The average Bonchev–Trinajstić information content (AvgIpc) is 3.39. The number of para-hydroxylation sites is 2. The van der Waals surface area contributed by atoms with Crippen molar-refractivity contribution < 1.29 is 0 Å². The quantitative estimate of drug-likeness (QED) is 0.709. The van der Waals surface area contributed by atoms with Crippen molar-refractivity contribution in [3.63, 3.8) is 0 Å². The molecular weight excluding hydrogens is 354 g/mol. The molecule has 136 valence electrons. The minimum absolute atomic E-state index is 0.734. The van der Waals surface area contributed by atoms with Gasteiger partial charge in [0.15, 0.2) is 5.65 Å². The standard InChI is InChI=1S/C21H21N5S/c22-7-16-15-5-6-27-12-17(15)21(25-10-13-8-23-9-14(13)11-25)26-19-4-2-1-3-18(19)24-20(16)26/h1-4,13-14,23H,5-6,8-12H2/t13-,14+. The summed E-state index contributed by atoms with van der Waals surface area (Å²) in [5, 5.41) is 13.5. The minimum atomic E-state index is 0.734. The lowest BCUT2D eigenvalue weighted by molar-refractivity contribution is 0.533. The summed E-state index contributed by atoms with van der Waals surface area (Å²) >= 11 is 1.99. The van der Waals surface area contributed by atoms with Gasteiger partial charge in [-0.2, -0.15) is 17.0 Å². The number of hydrogen-bond acceptors (Lipinski definition) is 5. The van der Waals surface area contributed by atoms with Gasteiger partial charge in [-0.3, -0.25) is 4.40 Å². The highest BCUT2D eigenvalue weighted by Crippen LogP contribution is 2.41. The molecule has 3 aliphatic heterocycles. The fourth-order valence-electron chi connectivity index (χ4n) is 5.22. The average molecular weight is 376 g/mol. The summed E-state index contributed by atoms with van der Waals surface area (Å²) in [6, 6.07) is 10.8.